The van der Waals surface area contributed by atoms with Crippen LogP contribution < -0.4 is 4.74 Å². The van der Waals surface area contributed by atoms with Crippen molar-refractivity contribution in [1.29, 1.82) is 0 Å². The average Bonchev–Trinajstić information content (AvgIpc) is 3.18. The molecule has 1 heterocycles. The van der Waals surface area contributed by atoms with Crippen LogP contribution in [-0.2, 0) is 17.9 Å². The van der Waals surface area contributed by atoms with Crippen molar-refractivity contribution in [2.24, 2.45) is 0 Å². The first-order valence-corrected chi connectivity index (χ1v) is 9.59. The third-order valence-corrected chi connectivity index (χ3v) is 4.95. The van der Waals surface area contributed by atoms with Crippen molar-refractivity contribution in [3.05, 3.63) is 88.3 Å². The van der Waals surface area contributed by atoms with Crippen molar-refractivity contribution >= 4 is 17.5 Å². The van der Waals surface area contributed by atoms with Gasteiger partial charge in [0.1, 0.15) is 11.5 Å². The standard InChI is InChI=1S/C23H24ClNO3/c1-16-6-8-19(9-7-16)14-25(15-21-5-4-12-27-21)23(26)18(3)28-20-10-11-22(24)17(2)13-20/h4-13,18H,14-15H2,1-3H3/t18-/m1/s1. The number of hydrogen-bond donors (Lipinski definition) is 0. The molecule has 0 spiro atoms. The summed E-state index contributed by atoms with van der Waals surface area (Å²) >= 11 is 6.07. The first-order valence-electron chi connectivity index (χ1n) is 9.22. The van der Waals surface area contributed by atoms with E-state index in [9.17, 15) is 4.79 Å². The number of carbonyl (C=O) groups is 1. The number of aryl methyl sites for hydroxylation is 2. The van der Waals surface area contributed by atoms with Gasteiger partial charge in [0.15, 0.2) is 6.10 Å². The van der Waals surface area contributed by atoms with E-state index in [0.29, 0.717) is 23.9 Å². The molecule has 0 bridgehead atoms. The Bertz CT molecular complexity index is 920. The fourth-order valence-corrected chi connectivity index (χ4v) is 3.04. The van der Waals surface area contributed by atoms with E-state index in [-0.39, 0.29) is 5.91 Å². The van der Waals surface area contributed by atoms with Crippen LogP contribution in [0.4, 0.5) is 0 Å². The molecule has 146 valence electrons. The van der Waals surface area contributed by atoms with Gasteiger partial charge < -0.3 is 14.1 Å². The summed E-state index contributed by atoms with van der Waals surface area (Å²) in [6, 6.07) is 17.2. The molecule has 0 aliphatic heterocycles. The third kappa shape index (κ3) is 5.17. The van der Waals surface area contributed by atoms with Crippen molar-refractivity contribution < 1.29 is 13.9 Å². The van der Waals surface area contributed by atoms with Gasteiger partial charge in [-0.1, -0.05) is 41.4 Å². The molecule has 0 saturated heterocycles. The third-order valence-electron chi connectivity index (χ3n) is 4.52. The van der Waals surface area contributed by atoms with Crippen molar-refractivity contribution in [3.63, 3.8) is 0 Å². The number of halogens is 1. The van der Waals surface area contributed by atoms with Crippen LogP contribution in [0, 0.1) is 13.8 Å². The zero-order valence-corrected chi connectivity index (χ0v) is 17.1. The number of carbonyl (C=O) groups excluding carboxylic acids is 1. The van der Waals surface area contributed by atoms with Crippen molar-refractivity contribution in [2.45, 2.75) is 40.0 Å². The van der Waals surface area contributed by atoms with Gasteiger partial charge in [0, 0.05) is 11.6 Å². The van der Waals surface area contributed by atoms with Gasteiger partial charge in [0.2, 0.25) is 0 Å². The lowest BCUT2D eigenvalue weighted by Gasteiger charge is -2.26. The molecule has 1 aromatic heterocycles. The maximum atomic E-state index is 13.1. The van der Waals surface area contributed by atoms with Crippen LogP contribution in [0.2, 0.25) is 5.02 Å². The van der Waals surface area contributed by atoms with Gasteiger partial charge in [-0.15, -0.1) is 0 Å². The molecule has 0 N–H and O–H groups in total. The Kier molecular flexibility index (Phi) is 6.42. The molecule has 5 heteroatoms. The molecule has 1 atom stereocenters. The first kappa shape index (κ1) is 20.0. The lowest BCUT2D eigenvalue weighted by atomic mass is 10.1. The fourth-order valence-electron chi connectivity index (χ4n) is 2.92. The monoisotopic (exact) mass is 397 g/mol. The molecule has 0 aliphatic rings. The van der Waals surface area contributed by atoms with Crippen LogP contribution in [0.1, 0.15) is 29.4 Å². The average molecular weight is 398 g/mol. The smallest absolute Gasteiger partial charge is 0.264 e. The van der Waals surface area contributed by atoms with Crippen LogP contribution in [-0.4, -0.2) is 16.9 Å². The van der Waals surface area contributed by atoms with Crippen LogP contribution in [0.15, 0.2) is 65.3 Å². The minimum absolute atomic E-state index is 0.107. The highest BCUT2D eigenvalue weighted by Gasteiger charge is 2.23. The molecule has 0 saturated carbocycles. The summed E-state index contributed by atoms with van der Waals surface area (Å²) in [5.74, 6) is 1.25. The lowest BCUT2D eigenvalue weighted by molar-refractivity contribution is -0.139. The van der Waals surface area contributed by atoms with Gasteiger partial charge in [-0.05, 0) is 62.2 Å². The Balaban J connectivity index is 1.75. The highest BCUT2D eigenvalue weighted by molar-refractivity contribution is 6.31. The molecule has 2 aromatic carbocycles. The number of nitrogens with zero attached hydrogens (tertiary/aromatic N) is 1. The Morgan fingerprint density at radius 2 is 1.86 bits per heavy atom. The van der Waals surface area contributed by atoms with Gasteiger partial charge in [0.25, 0.3) is 5.91 Å². The first-order chi connectivity index (χ1) is 13.4. The van der Waals surface area contributed by atoms with Crippen LogP contribution >= 0.6 is 11.6 Å². The molecule has 0 fully saturated rings. The summed E-state index contributed by atoms with van der Waals surface area (Å²) in [5.41, 5.74) is 3.15. The summed E-state index contributed by atoms with van der Waals surface area (Å²) in [5, 5.41) is 0.671. The molecule has 1 amide bonds. The van der Waals surface area contributed by atoms with Crippen molar-refractivity contribution in [3.8, 4) is 5.75 Å². The quantitative estimate of drug-likeness (QED) is 0.525. The minimum Gasteiger partial charge on any atom is -0.481 e. The highest BCUT2D eigenvalue weighted by atomic mass is 35.5. The van der Waals surface area contributed by atoms with E-state index >= 15 is 0 Å². The van der Waals surface area contributed by atoms with Gasteiger partial charge in [-0.2, -0.15) is 0 Å². The van der Waals surface area contributed by atoms with E-state index in [4.69, 9.17) is 20.8 Å². The number of furan rings is 1. The normalized spacial score (nSPS) is 11.9. The molecule has 3 aromatic rings. The molecule has 3 rings (SSSR count). The molecule has 28 heavy (non-hydrogen) atoms. The second-order valence-corrected chi connectivity index (χ2v) is 7.34. The Morgan fingerprint density at radius 3 is 2.50 bits per heavy atom. The number of amides is 1. The zero-order chi connectivity index (χ0) is 20.1. The number of benzene rings is 2. The van der Waals surface area contributed by atoms with Gasteiger partial charge in [-0.3, -0.25) is 4.79 Å². The van der Waals surface area contributed by atoms with Gasteiger partial charge in [0.05, 0.1) is 12.8 Å². The van der Waals surface area contributed by atoms with E-state index in [1.54, 1.807) is 30.2 Å². The van der Waals surface area contributed by atoms with Crippen LogP contribution in [0.5, 0.6) is 5.75 Å². The molecular formula is C23H24ClNO3. The highest BCUT2D eigenvalue weighted by Crippen LogP contribution is 2.23. The second-order valence-electron chi connectivity index (χ2n) is 6.93. The van der Waals surface area contributed by atoms with Crippen molar-refractivity contribution in [1.82, 2.24) is 4.90 Å². The predicted octanol–water partition coefficient (Wildman–Crippen LogP) is 5.55. The molecule has 0 aliphatic carbocycles. The van der Waals surface area contributed by atoms with Gasteiger partial charge in [-0.25, -0.2) is 0 Å². The van der Waals surface area contributed by atoms with E-state index in [1.165, 1.54) is 5.56 Å². The second kappa shape index (κ2) is 8.98. The number of rotatable bonds is 7. The molecule has 0 unspecified atom stereocenters. The molecule has 4 nitrogen and oxygen atoms in total. The zero-order valence-electron chi connectivity index (χ0n) is 16.3. The van der Waals surface area contributed by atoms with E-state index in [0.717, 1.165) is 16.9 Å². The SMILES string of the molecule is Cc1ccc(CN(Cc2ccco2)C(=O)[C@@H](C)Oc2ccc(Cl)c(C)c2)cc1. The lowest BCUT2D eigenvalue weighted by Crippen LogP contribution is -2.39. The van der Waals surface area contributed by atoms with E-state index in [1.807, 2.05) is 56.3 Å². The summed E-state index contributed by atoms with van der Waals surface area (Å²) in [6.07, 6.45) is 0.973. The predicted molar refractivity (Wildman–Crippen MR) is 110 cm³/mol. The van der Waals surface area contributed by atoms with Gasteiger partial charge >= 0.3 is 0 Å². The minimum atomic E-state index is -0.638. The topological polar surface area (TPSA) is 42.7 Å². The molecule has 0 radical (unpaired) electrons. The van der Waals surface area contributed by atoms with Crippen LogP contribution in [0.25, 0.3) is 0 Å². The summed E-state index contributed by atoms with van der Waals surface area (Å²) in [4.78, 5) is 14.9. The van der Waals surface area contributed by atoms with E-state index in [2.05, 4.69) is 0 Å². The Hall–Kier alpha value is -2.72. The maximum absolute atomic E-state index is 13.1. The molecular weight excluding hydrogens is 374 g/mol. The van der Waals surface area contributed by atoms with Crippen LogP contribution in [0.3, 0.4) is 0 Å². The Morgan fingerprint density at radius 1 is 1.11 bits per heavy atom. The summed E-state index contributed by atoms with van der Waals surface area (Å²) in [6.45, 7) is 6.57. The Labute approximate surface area is 170 Å². The summed E-state index contributed by atoms with van der Waals surface area (Å²) < 4.78 is 11.3. The van der Waals surface area contributed by atoms with Crippen molar-refractivity contribution in [2.75, 3.05) is 0 Å². The maximum Gasteiger partial charge on any atom is 0.264 e. The largest absolute Gasteiger partial charge is 0.481 e. The van der Waals surface area contributed by atoms with E-state index < -0.39 is 6.10 Å². The fraction of sp³-hybridized carbons (Fsp3) is 0.261. The number of hydrogen-bond acceptors (Lipinski definition) is 3. The summed E-state index contributed by atoms with van der Waals surface area (Å²) in [7, 11) is 0. The number of ether oxygens (including phenoxy) is 1.